The normalized spacial score (nSPS) is 10.1. The molecule has 0 unspecified atom stereocenters. The summed E-state index contributed by atoms with van der Waals surface area (Å²) >= 11 is 6.66. The Morgan fingerprint density at radius 3 is 3.07 bits per heavy atom. The molecule has 0 radical (unpaired) electrons. The van der Waals surface area contributed by atoms with Crippen LogP contribution in [0.4, 0.5) is 0 Å². The molecule has 1 aromatic rings. The Hall–Kier alpha value is -0.0000000000000000833. The van der Waals surface area contributed by atoms with Gasteiger partial charge in [0.05, 0.1) is 12.3 Å². The minimum absolute atomic E-state index is 0.112. The zero-order valence-corrected chi connectivity index (χ0v) is 11.1. The number of halogens is 1. The van der Waals surface area contributed by atoms with Crippen LogP contribution in [0.2, 0.25) is 0 Å². The van der Waals surface area contributed by atoms with Gasteiger partial charge in [0.2, 0.25) is 5.91 Å². The molecular formula is C9H12BrNOS2. The molecule has 78 valence electrons. The lowest BCUT2D eigenvalue weighted by Gasteiger charge is -2.01. The number of hydrogen-bond acceptors (Lipinski definition) is 3. The first-order chi connectivity index (χ1) is 6.72. The van der Waals surface area contributed by atoms with Crippen molar-refractivity contribution in [3.05, 3.63) is 20.8 Å². The summed E-state index contributed by atoms with van der Waals surface area (Å²) in [5, 5.41) is 4.89. The van der Waals surface area contributed by atoms with Crippen LogP contribution in [0.25, 0.3) is 0 Å². The monoisotopic (exact) mass is 293 g/mol. The lowest BCUT2D eigenvalue weighted by atomic mass is 10.4. The summed E-state index contributed by atoms with van der Waals surface area (Å²) in [6.07, 6.45) is 0. The molecule has 2 nitrogen and oxygen atoms in total. The van der Waals surface area contributed by atoms with Crippen molar-refractivity contribution in [3.63, 3.8) is 0 Å². The highest BCUT2D eigenvalue weighted by Crippen LogP contribution is 2.19. The van der Waals surface area contributed by atoms with Gasteiger partial charge in [0.25, 0.3) is 0 Å². The van der Waals surface area contributed by atoms with Gasteiger partial charge >= 0.3 is 0 Å². The lowest BCUT2D eigenvalue weighted by Crippen LogP contribution is -2.24. The van der Waals surface area contributed by atoms with Crippen molar-refractivity contribution < 1.29 is 4.79 Å². The topological polar surface area (TPSA) is 29.1 Å². The number of nitrogens with one attached hydrogen (secondary N) is 1. The second-order valence-electron chi connectivity index (χ2n) is 2.65. The number of carbonyl (C=O) groups is 1. The molecule has 0 fully saturated rings. The van der Waals surface area contributed by atoms with E-state index in [1.807, 2.05) is 18.4 Å². The SMILES string of the molecule is CCSCC(=O)NCc1cc(Br)cs1. The Morgan fingerprint density at radius 1 is 1.71 bits per heavy atom. The molecule has 1 N–H and O–H groups in total. The minimum Gasteiger partial charge on any atom is -0.350 e. The zero-order valence-electron chi connectivity index (χ0n) is 7.88. The molecule has 0 aliphatic rings. The fourth-order valence-corrected chi connectivity index (χ4v) is 2.76. The minimum atomic E-state index is 0.112. The zero-order chi connectivity index (χ0) is 10.4. The van der Waals surface area contributed by atoms with E-state index in [1.54, 1.807) is 23.1 Å². The van der Waals surface area contributed by atoms with Crippen molar-refractivity contribution in [1.82, 2.24) is 5.32 Å². The molecule has 0 bridgehead atoms. The Kier molecular flexibility index (Phi) is 5.59. The molecule has 0 atom stereocenters. The molecular weight excluding hydrogens is 282 g/mol. The average Bonchev–Trinajstić information content (AvgIpc) is 2.58. The van der Waals surface area contributed by atoms with Crippen LogP contribution in [-0.4, -0.2) is 17.4 Å². The molecule has 0 spiro atoms. The standard InChI is InChI=1S/C9H12BrNOS2/c1-2-13-6-9(12)11-4-8-3-7(10)5-14-8/h3,5H,2,4,6H2,1H3,(H,11,12). The lowest BCUT2D eigenvalue weighted by molar-refractivity contribution is -0.118. The summed E-state index contributed by atoms with van der Waals surface area (Å²) in [5.74, 6) is 1.66. The molecule has 14 heavy (non-hydrogen) atoms. The third kappa shape index (κ3) is 4.48. The van der Waals surface area contributed by atoms with E-state index in [4.69, 9.17) is 0 Å². The van der Waals surface area contributed by atoms with Crippen LogP contribution in [-0.2, 0) is 11.3 Å². The van der Waals surface area contributed by atoms with Crippen LogP contribution < -0.4 is 5.32 Å². The Balaban J connectivity index is 2.23. The van der Waals surface area contributed by atoms with Gasteiger partial charge in [-0.05, 0) is 27.7 Å². The Morgan fingerprint density at radius 2 is 2.50 bits per heavy atom. The largest absolute Gasteiger partial charge is 0.350 e. The smallest absolute Gasteiger partial charge is 0.230 e. The molecule has 0 aliphatic carbocycles. The van der Waals surface area contributed by atoms with E-state index in [0.717, 1.165) is 10.2 Å². The van der Waals surface area contributed by atoms with Crippen molar-refractivity contribution >= 4 is 44.9 Å². The summed E-state index contributed by atoms with van der Waals surface area (Å²) in [6.45, 7) is 2.69. The van der Waals surface area contributed by atoms with Crippen molar-refractivity contribution in [2.24, 2.45) is 0 Å². The highest BCUT2D eigenvalue weighted by molar-refractivity contribution is 9.10. The van der Waals surface area contributed by atoms with Gasteiger partial charge in [-0.15, -0.1) is 11.3 Å². The van der Waals surface area contributed by atoms with E-state index in [-0.39, 0.29) is 5.91 Å². The third-order valence-corrected chi connectivity index (χ3v) is 4.09. The van der Waals surface area contributed by atoms with Crippen LogP contribution in [0, 0.1) is 0 Å². The van der Waals surface area contributed by atoms with Gasteiger partial charge in [-0.3, -0.25) is 4.79 Å². The van der Waals surface area contributed by atoms with Gasteiger partial charge in [0, 0.05) is 14.7 Å². The molecule has 1 heterocycles. The quantitative estimate of drug-likeness (QED) is 0.904. The van der Waals surface area contributed by atoms with Crippen molar-refractivity contribution in [1.29, 1.82) is 0 Å². The van der Waals surface area contributed by atoms with Crippen LogP contribution in [0.1, 0.15) is 11.8 Å². The number of amides is 1. The van der Waals surface area contributed by atoms with Gasteiger partial charge in [0.15, 0.2) is 0 Å². The van der Waals surface area contributed by atoms with Gasteiger partial charge in [-0.1, -0.05) is 6.92 Å². The molecule has 0 aromatic carbocycles. The first kappa shape index (κ1) is 12.1. The van der Waals surface area contributed by atoms with Gasteiger partial charge in [0.1, 0.15) is 0 Å². The number of thiophene rings is 1. The Labute approximate surface area is 101 Å². The van der Waals surface area contributed by atoms with E-state index < -0.39 is 0 Å². The average molecular weight is 294 g/mol. The van der Waals surface area contributed by atoms with Crippen LogP contribution in [0.15, 0.2) is 15.9 Å². The highest BCUT2D eigenvalue weighted by Gasteiger charge is 2.01. The maximum atomic E-state index is 11.2. The first-order valence-corrected chi connectivity index (χ1v) is 7.12. The molecule has 1 rings (SSSR count). The predicted octanol–water partition coefficient (Wildman–Crippen LogP) is 2.88. The fraction of sp³-hybridized carbons (Fsp3) is 0.444. The molecule has 5 heteroatoms. The summed E-state index contributed by atoms with van der Waals surface area (Å²) in [6, 6.07) is 2.03. The Bertz CT molecular complexity index is 301. The number of thioether (sulfide) groups is 1. The number of hydrogen-bond donors (Lipinski definition) is 1. The summed E-state index contributed by atoms with van der Waals surface area (Å²) in [5.41, 5.74) is 0. The summed E-state index contributed by atoms with van der Waals surface area (Å²) in [7, 11) is 0. The molecule has 0 saturated carbocycles. The molecule has 0 aliphatic heterocycles. The van der Waals surface area contributed by atoms with Crippen LogP contribution in [0.5, 0.6) is 0 Å². The van der Waals surface area contributed by atoms with Gasteiger partial charge in [-0.2, -0.15) is 11.8 Å². The van der Waals surface area contributed by atoms with Crippen molar-refractivity contribution in [3.8, 4) is 0 Å². The van der Waals surface area contributed by atoms with Crippen LogP contribution >= 0.6 is 39.0 Å². The second-order valence-corrected chi connectivity index (χ2v) is 5.83. The molecule has 0 saturated heterocycles. The molecule has 1 amide bonds. The second kappa shape index (κ2) is 6.48. The highest BCUT2D eigenvalue weighted by atomic mass is 79.9. The number of carbonyl (C=O) groups excluding carboxylic acids is 1. The fourth-order valence-electron chi connectivity index (χ4n) is 0.878. The van der Waals surface area contributed by atoms with Crippen molar-refractivity contribution in [2.75, 3.05) is 11.5 Å². The third-order valence-electron chi connectivity index (χ3n) is 1.52. The van der Waals surface area contributed by atoms with Crippen LogP contribution in [0.3, 0.4) is 0 Å². The van der Waals surface area contributed by atoms with E-state index in [9.17, 15) is 4.79 Å². The maximum absolute atomic E-state index is 11.2. The maximum Gasteiger partial charge on any atom is 0.230 e. The predicted molar refractivity (Wildman–Crippen MR) is 66.9 cm³/mol. The van der Waals surface area contributed by atoms with E-state index in [0.29, 0.717) is 12.3 Å². The van der Waals surface area contributed by atoms with E-state index in [2.05, 4.69) is 21.2 Å². The van der Waals surface area contributed by atoms with E-state index >= 15 is 0 Å². The summed E-state index contributed by atoms with van der Waals surface area (Å²) < 4.78 is 1.08. The number of rotatable bonds is 5. The van der Waals surface area contributed by atoms with Gasteiger partial charge in [-0.25, -0.2) is 0 Å². The van der Waals surface area contributed by atoms with Gasteiger partial charge < -0.3 is 5.32 Å². The molecule has 1 aromatic heterocycles. The van der Waals surface area contributed by atoms with E-state index in [1.165, 1.54) is 4.88 Å². The van der Waals surface area contributed by atoms with Crippen molar-refractivity contribution in [2.45, 2.75) is 13.5 Å². The first-order valence-electron chi connectivity index (χ1n) is 4.29. The summed E-state index contributed by atoms with van der Waals surface area (Å²) in [4.78, 5) is 12.4.